The molecule has 3 rings (SSSR count). The SMILES string of the molecule is CN1CCN(c2ccc(NC(=O)Cc3ccccc3Br)cn2)CC1. The molecule has 1 aliphatic heterocycles. The Morgan fingerprint density at radius 1 is 1.17 bits per heavy atom. The third-order valence-corrected chi connectivity index (χ3v) is 4.94. The van der Waals surface area contributed by atoms with Gasteiger partial charge in [-0.15, -0.1) is 0 Å². The van der Waals surface area contributed by atoms with Gasteiger partial charge in [-0.3, -0.25) is 4.79 Å². The van der Waals surface area contributed by atoms with Crippen molar-refractivity contribution in [1.82, 2.24) is 9.88 Å². The fourth-order valence-corrected chi connectivity index (χ4v) is 3.13. The summed E-state index contributed by atoms with van der Waals surface area (Å²) < 4.78 is 0.948. The van der Waals surface area contributed by atoms with Crippen molar-refractivity contribution in [2.24, 2.45) is 0 Å². The predicted molar refractivity (Wildman–Crippen MR) is 100 cm³/mol. The number of benzene rings is 1. The zero-order chi connectivity index (χ0) is 16.9. The minimum atomic E-state index is -0.0453. The molecule has 24 heavy (non-hydrogen) atoms. The van der Waals surface area contributed by atoms with Gasteiger partial charge in [0.25, 0.3) is 0 Å². The van der Waals surface area contributed by atoms with Gasteiger partial charge in [-0.05, 0) is 30.8 Å². The summed E-state index contributed by atoms with van der Waals surface area (Å²) >= 11 is 3.47. The molecular formula is C18H21BrN4O. The highest BCUT2D eigenvalue weighted by Crippen LogP contribution is 2.18. The van der Waals surface area contributed by atoms with E-state index in [0.717, 1.165) is 47.7 Å². The first-order valence-electron chi connectivity index (χ1n) is 8.04. The number of amides is 1. The van der Waals surface area contributed by atoms with E-state index in [-0.39, 0.29) is 5.91 Å². The normalized spacial score (nSPS) is 15.3. The van der Waals surface area contributed by atoms with E-state index in [0.29, 0.717) is 6.42 Å². The summed E-state index contributed by atoms with van der Waals surface area (Å²) in [6.07, 6.45) is 2.06. The lowest BCUT2D eigenvalue weighted by Crippen LogP contribution is -2.44. The third kappa shape index (κ3) is 4.33. The number of aromatic nitrogens is 1. The van der Waals surface area contributed by atoms with Crippen molar-refractivity contribution in [3.8, 4) is 0 Å². The van der Waals surface area contributed by atoms with E-state index in [1.807, 2.05) is 36.4 Å². The van der Waals surface area contributed by atoms with Crippen molar-refractivity contribution in [1.29, 1.82) is 0 Å². The van der Waals surface area contributed by atoms with Crippen LogP contribution in [0.4, 0.5) is 11.5 Å². The molecule has 0 saturated carbocycles. The van der Waals surface area contributed by atoms with Crippen molar-refractivity contribution in [2.75, 3.05) is 43.4 Å². The van der Waals surface area contributed by atoms with E-state index in [4.69, 9.17) is 0 Å². The van der Waals surface area contributed by atoms with Gasteiger partial charge in [-0.25, -0.2) is 4.98 Å². The molecule has 6 heteroatoms. The minimum Gasteiger partial charge on any atom is -0.354 e. The Kier molecular flexibility index (Phi) is 5.48. The van der Waals surface area contributed by atoms with Crippen LogP contribution in [0, 0.1) is 0 Å². The van der Waals surface area contributed by atoms with Crippen LogP contribution in [0.15, 0.2) is 47.1 Å². The first kappa shape index (κ1) is 16.9. The van der Waals surface area contributed by atoms with Crippen LogP contribution in [0.5, 0.6) is 0 Å². The van der Waals surface area contributed by atoms with Crippen molar-refractivity contribution in [2.45, 2.75) is 6.42 Å². The molecule has 2 aromatic rings. The van der Waals surface area contributed by atoms with Crippen LogP contribution in [0.1, 0.15) is 5.56 Å². The number of piperazine rings is 1. The first-order chi connectivity index (χ1) is 11.6. The molecule has 2 heterocycles. The van der Waals surface area contributed by atoms with Gasteiger partial charge in [0, 0.05) is 30.7 Å². The lowest BCUT2D eigenvalue weighted by molar-refractivity contribution is -0.115. The summed E-state index contributed by atoms with van der Waals surface area (Å²) in [6.45, 7) is 4.06. The van der Waals surface area contributed by atoms with E-state index >= 15 is 0 Å². The molecule has 126 valence electrons. The van der Waals surface area contributed by atoms with Crippen LogP contribution < -0.4 is 10.2 Å². The smallest absolute Gasteiger partial charge is 0.228 e. The number of carbonyl (C=O) groups is 1. The molecule has 5 nitrogen and oxygen atoms in total. The number of hydrogen-bond acceptors (Lipinski definition) is 4. The molecule has 0 spiro atoms. The molecule has 0 unspecified atom stereocenters. The fraction of sp³-hybridized carbons (Fsp3) is 0.333. The van der Waals surface area contributed by atoms with Gasteiger partial charge in [0.2, 0.25) is 5.91 Å². The molecule has 0 radical (unpaired) electrons. The van der Waals surface area contributed by atoms with Crippen molar-refractivity contribution < 1.29 is 4.79 Å². The molecule has 0 atom stereocenters. The van der Waals surface area contributed by atoms with Gasteiger partial charge in [0.05, 0.1) is 18.3 Å². The van der Waals surface area contributed by atoms with Gasteiger partial charge < -0.3 is 15.1 Å². The lowest BCUT2D eigenvalue weighted by Gasteiger charge is -2.33. The maximum absolute atomic E-state index is 12.2. The zero-order valence-electron chi connectivity index (χ0n) is 13.7. The maximum Gasteiger partial charge on any atom is 0.228 e. The Labute approximate surface area is 150 Å². The number of pyridine rings is 1. The topological polar surface area (TPSA) is 48.5 Å². The molecule has 1 fully saturated rings. The van der Waals surface area contributed by atoms with Crippen LogP contribution in [0.25, 0.3) is 0 Å². The summed E-state index contributed by atoms with van der Waals surface area (Å²) in [6, 6.07) is 11.6. The Hall–Kier alpha value is -1.92. The molecule has 1 aromatic carbocycles. The number of carbonyl (C=O) groups excluding carboxylic acids is 1. The highest BCUT2D eigenvalue weighted by atomic mass is 79.9. The Balaban J connectivity index is 1.58. The predicted octanol–water partition coefficient (Wildman–Crippen LogP) is 2.78. The van der Waals surface area contributed by atoms with Crippen LogP contribution >= 0.6 is 15.9 Å². The number of nitrogens with zero attached hydrogens (tertiary/aromatic N) is 3. The van der Waals surface area contributed by atoms with Crippen LogP contribution in [-0.4, -0.2) is 49.0 Å². The summed E-state index contributed by atoms with van der Waals surface area (Å²) in [5.41, 5.74) is 1.70. The summed E-state index contributed by atoms with van der Waals surface area (Å²) in [4.78, 5) is 21.3. The molecule has 0 aliphatic carbocycles. The Morgan fingerprint density at radius 2 is 1.92 bits per heavy atom. The zero-order valence-corrected chi connectivity index (χ0v) is 15.3. The Bertz CT molecular complexity index is 696. The molecular weight excluding hydrogens is 368 g/mol. The highest BCUT2D eigenvalue weighted by molar-refractivity contribution is 9.10. The van der Waals surface area contributed by atoms with Crippen LogP contribution in [0.2, 0.25) is 0 Å². The van der Waals surface area contributed by atoms with E-state index in [1.165, 1.54) is 0 Å². The second kappa shape index (κ2) is 7.77. The van der Waals surface area contributed by atoms with E-state index < -0.39 is 0 Å². The number of halogens is 1. The number of rotatable bonds is 4. The van der Waals surface area contributed by atoms with Crippen LogP contribution in [-0.2, 0) is 11.2 Å². The second-order valence-electron chi connectivity index (χ2n) is 6.01. The number of nitrogens with one attached hydrogen (secondary N) is 1. The minimum absolute atomic E-state index is 0.0453. The molecule has 1 aliphatic rings. The van der Waals surface area contributed by atoms with E-state index in [1.54, 1.807) is 6.20 Å². The molecule has 1 N–H and O–H groups in total. The fourth-order valence-electron chi connectivity index (χ4n) is 2.70. The standard InChI is InChI=1S/C18H21BrN4O/c1-22-8-10-23(11-9-22)17-7-6-15(13-20-17)21-18(24)12-14-4-2-3-5-16(14)19/h2-7,13H,8-12H2,1H3,(H,21,24). The summed E-state index contributed by atoms with van der Waals surface area (Å²) in [5, 5.41) is 2.91. The second-order valence-corrected chi connectivity index (χ2v) is 6.87. The van der Waals surface area contributed by atoms with Crippen molar-refractivity contribution >= 4 is 33.3 Å². The van der Waals surface area contributed by atoms with Gasteiger partial charge in [-0.1, -0.05) is 34.1 Å². The van der Waals surface area contributed by atoms with Gasteiger partial charge in [-0.2, -0.15) is 0 Å². The first-order valence-corrected chi connectivity index (χ1v) is 8.84. The molecule has 1 saturated heterocycles. The average Bonchev–Trinajstić information content (AvgIpc) is 2.58. The maximum atomic E-state index is 12.2. The van der Waals surface area contributed by atoms with Crippen LogP contribution in [0.3, 0.4) is 0 Å². The molecule has 1 aromatic heterocycles. The molecule has 0 bridgehead atoms. The number of anilines is 2. The van der Waals surface area contributed by atoms with Gasteiger partial charge in [0.1, 0.15) is 5.82 Å². The largest absolute Gasteiger partial charge is 0.354 e. The number of likely N-dealkylation sites (N-methyl/N-ethyl adjacent to an activating group) is 1. The van der Waals surface area contributed by atoms with E-state index in [9.17, 15) is 4.79 Å². The molecule has 1 amide bonds. The summed E-state index contributed by atoms with van der Waals surface area (Å²) in [7, 11) is 2.13. The average molecular weight is 389 g/mol. The number of hydrogen-bond donors (Lipinski definition) is 1. The van der Waals surface area contributed by atoms with Gasteiger partial charge >= 0.3 is 0 Å². The quantitative estimate of drug-likeness (QED) is 0.874. The lowest BCUT2D eigenvalue weighted by atomic mass is 10.1. The Morgan fingerprint density at radius 3 is 2.58 bits per heavy atom. The monoisotopic (exact) mass is 388 g/mol. The van der Waals surface area contributed by atoms with Crippen molar-refractivity contribution in [3.05, 3.63) is 52.6 Å². The third-order valence-electron chi connectivity index (χ3n) is 4.17. The van der Waals surface area contributed by atoms with Crippen molar-refractivity contribution in [3.63, 3.8) is 0 Å². The highest BCUT2D eigenvalue weighted by Gasteiger charge is 2.15. The summed E-state index contributed by atoms with van der Waals surface area (Å²) in [5.74, 6) is 0.919. The van der Waals surface area contributed by atoms with Gasteiger partial charge in [0.15, 0.2) is 0 Å². The van der Waals surface area contributed by atoms with E-state index in [2.05, 4.69) is 43.1 Å².